The first-order chi connectivity index (χ1) is 47.3. The zero-order valence-electron chi connectivity index (χ0n) is 61.0. The zero-order valence-corrected chi connectivity index (χ0v) is 61.0. The summed E-state index contributed by atoms with van der Waals surface area (Å²) >= 11 is 0. The highest BCUT2D eigenvalue weighted by Gasteiger charge is 2.45. The van der Waals surface area contributed by atoms with E-state index in [0.717, 1.165) is 86.8 Å². The largest absolute Gasteiger partial charge is 0.480 e. The first-order valence-electron chi connectivity index (χ1n) is 38.1. The molecule has 0 radical (unpaired) electrons. The van der Waals surface area contributed by atoms with Crippen LogP contribution in [0.1, 0.15) is 310 Å². The fourth-order valence-corrected chi connectivity index (χ4v) is 11.8. The minimum atomic E-state index is -1.97. The molecule has 1 unspecified atom stereocenters. The SMILES string of the molecule is CCCCCCCCCCCCCCCC(=O)OCC(COC(=O)CCCCCCCCCCCCCCC)(COC(=O)CCCCCCCCCCCCCCC)C(=O)OCCOC(=O)NCCCCC(C(=O)O)N(CCN(CC(=O)O)CC(=O)O)CCN(CC(=O)O)CC(=O)O. The van der Waals surface area contributed by atoms with Gasteiger partial charge in [-0.3, -0.25) is 57.9 Å². The van der Waals surface area contributed by atoms with E-state index in [4.69, 9.17) is 23.7 Å². The quantitative estimate of drug-likeness (QED) is 0.0187. The van der Waals surface area contributed by atoms with Gasteiger partial charge in [0.05, 0.1) is 26.2 Å². The molecule has 0 saturated heterocycles. The molecule has 0 aromatic rings. The lowest BCUT2D eigenvalue weighted by Crippen LogP contribution is -2.50. The first kappa shape index (κ1) is 92.4. The summed E-state index contributed by atoms with van der Waals surface area (Å²) in [7, 11) is 0. The molecule has 0 bridgehead atoms. The lowest BCUT2D eigenvalue weighted by atomic mass is 9.91. The minimum absolute atomic E-state index is 0.00982. The molecule has 1 amide bonds. The standard InChI is InChI=1S/C74H134N4O20/c1-4-7-10-13-16-19-22-25-28-31-34-37-40-46-68(87)96-60-74(61-97-69(88)47-41-38-35-32-29-26-23-20-17-14-11-8-5-2,62-98-70(89)48-42-39-36-33-30-27-24-21-18-15-12-9-6-3)72(92)94-54-55-95-73(93)75-49-44-43-45-63(71(90)91)78(52-50-76(56-64(79)80)57-65(81)82)53-51-77(58-66(83)84)59-67(85)86/h63H,4-62H2,1-3H3,(H,75,93)(H,79,80)(H,81,82)(H,83,84)(H,85,86)(H,90,91). The van der Waals surface area contributed by atoms with Crippen molar-refractivity contribution in [3.05, 3.63) is 0 Å². The molecule has 0 fully saturated rings. The number of rotatable bonds is 73. The van der Waals surface area contributed by atoms with E-state index < -0.39 is 130 Å². The van der Waals surface area contributed by atoms with E-state index in [1.165, 1.54) is 159 Å². The van der Waals surface area contributed by atoms with Crippen LogP contribution in [0.25, 0.3) is 0 Å². The van der Waals surface area contributed by atoms with Crippen LogP contribution in [0.3, 0.4) is 0 Å². The van der Waals surface area contributed by atoms with Crippen LogP contribution in [-0.2, 0) is 66.8 Å². The number of hydrogen-bond acceptors (Lipinski definition) is 18. The van der Waals surface area contributed by atoms with Crippen molar-refractivity contribution in [1.29, 1.82) is 0 Å². The average Bonchev–Trinajstić information content (AvgIpc) is 0.898. The molecule has 6 N–H and O–H groups in total. The van der Waals surface area contributed by atoms with E-state index in [1.807, 2.05) is 0 Å². The first-order valence-corrected chi connectivity index (χ1v) is 38.1. The highest BCUT2D eigenvalue weighted by molar-refractivity contribution is 5.80. The highest BCUT2D eigenvalue weighted by atomic mass is 16.6. The van der Waals surface area contributed by atoms with Crippen molar-refractivity contribution < 1.29 is 97.2 Å². The van der Waals surface area contributed by atoms with Crippen LogP contribution in [0.5, 0.6) is 0 Å². The van der Waals surface area contributed by atoms with Crippen molar-refractivity contribution in [3.8, 4) is 0 Å². The van der Waals surface area contributed by atoms with Gasteiger partial charge in [-0.15, -0.1) is 0 Å². The Balaban J connectivity index is 6.12. The van der Waals surface area contributed by atoms with Gasteiger partial charge < -0.3 is 54.5 Å². The molecule has 0 aliphatic carbocycles. The molecule has 0 aliphatic rings. The normalized spacial score (nSPS) is 11.8. The summed E-state index contributed by atoms with van der Waals surface area (Å²) in [5.74, 6) is -9.34. The summed E-state index contributed by atoms with van der Waals surface area (Å²) < 4.78 is 28.3. The smallest absolute Gasteiger partial charge is 0.407 e. The van der Waals surface area contributed by atoms with Crippen molar-refractivity contribution in [1.82, 2.24) is 20.0 Å². The van der Waals surface area contributed by atoms with Crippen LogP contribution in [0, 0.1) is 5.41 Å². The molecule has 24 heteroatoms. The molecule has 24 nitrogen and oxygen atoms in total. The third-order valence-electron chi connectivity index (χ3n) is 17.7. The highest BCUT2D eigenvalue weighted by Crippen LogP contribution is 2.25. The molecule has 0 saturated carbocycles. The number of carboxylic acids is 5. The fraction of sp³-hybridized carbons (Fsp3) is 0.865. The van der Waals surface area contributed by atoms with E-state index in [1.54, 1.807) is 0 Å². The monoisotopic (exact) mass is 1400 g/mol. The number of nitrogens with one attached hydrogen (secondary N) is 1. The number of hydrogen-bond donors (Lipinski definition) is 6. The number of carboxylic acid groups (broad SMARTS) is 5. The molecule has 0 aliphatic heterocycles. The second-order valence-corrected chi connectivity index (χ2v) is 26.8. The van der Waals surface area contributed by atoms with E-state index in [2.05, 4.69) is 26.1 Å². The van der Waals surface area contributed by atoms with Gasteiger partial charge in [-0.05, 0) is 38.5 Å². The maximum atomic E-state index is 14.4. The summed E-state index contributed by atoms with van der Waals surface area (Å²) in [5, 5.41) is 50.3. The van der Waals surface area contributed by atoms with Gasteiger partial charge in [0, 0.05) is 52.0 Å². The Morgan fingerprint density at radius 3 is 0.888 bits per heavy atom. The third-order valence-corrected chi connectivity index (χ3v) is 17.7. The third kappa shape index (κ3) is 57.2. The van der Waals surface area contributed by atoms with Crippen molar-refractivity contribution in [2.24, 2.45) is 5.41 Å². The summed E-state index contributed by atoms with van der Waals surface area (Å²) in [4.78, 5) is 130. The summed E-state index contributed by atoms with van der Waals surface area (Å²) in [6.45, 7) is 0.379. The van der Waals surface area contributed by atoms with E-state index in [-0.39, 0.29) is 71.2 Å². The van der Waals surface area contributed by atoms with Crippen LogP contribution in [-0.4, -0.2) is 198 Å². The average molecular weight is 1400 g/mol. The predicted molar refractivity (Wildman–Crippen MR) is 377 cm³/mol. The second-order valence-electron chi connectivity index (χ2n) is 26.8. The Labute approximate surface area is 587 Å². The number of ether oxygens (including phenoxy) is 5. The zero-order chi connectivity index (χ0) is 72.5. The number of aliphatic carboxylic acids is 5. The molecule has 0 heterocycles. The second kappa shape index (κ2) is 64.7. The summed E-state index contributed by atoms with van der Waals surface area (Å²) in [6, 6.07) is -1.27. The van der Waals surface area contributed by atoms with Gasteiger partial charge >= 0.3 is 59.8 Å². The lowest BCUT2D eigenvalue weighted by Gasteiger charge is -2.32. The Morgan fingerprint density at radius 1 is 0.337 bits per heavy atom. The Bertz CT molecular complexity index is 1920. The van der Waals surface area contributed by atoms with Crippen LogP contribution >= 0.6 is 0 Å². The minimum Gasteiger partial charge on any atom is -0.480 e. The molecule has 0 spiro atoms. The number of carbonyl (C=O) groups excluding carboxylic acids is 5. The molecule has 98 heavy (non-hydrogen) atoms. The van der Waals surface area contributed by atoms with Gasteiger partial charge in [0.15, 0.2) is 5.41 Å². The predicted octanol–water partition coefficient (Wildman–Crippen LogP) is 14.2. The number of carbonyl (C=O) groups is 10. The van der Waals surface area contributed by atoms with Gasteiger partial charge in [-0.2, -0.15) is 0 Å². The van der Waals surface area contributed by atoms with Crippen molar-refractivity contribution in [3.63, 3.8) is 0 Å². The lowest BCUT2D eigenvalue weighted by molar-refractivity contribution is -0.180. The van der Waals surface area contributed by atoms with Crippen LogP contribution < -0.4 is 5.32 Å². The fourth-order valence-electron chi connectivity index (χ4n) is 11.8. The number of esters is 4. The maximum absolute atomic E-state index is 14.4. The molecule has 0 aromatic carbocycles. The molecule has 570 valence electrons. The molecule has 0 rings (SSSR count). The number of alkyl carbamates (subject to hydrolysis) is 1. The Hall–Kier alpha value is -5.62. The Morgan fingerprint density at radius 2 is 0.612 bits per heavy atom. The van der Waals surface area contributed by atoms with E-state index >= 15 is 0 Å². The van der Waals surface area contributed by atoms with Gasteiger partial charge in [-0.25, -0.2) is 4.79 Å². The number of amides is 1. The van der Waals surface area contributed by atoms with E-state index in [0.29, 0.717) is 19.3 Å². The van der Waals surface area contributed by atoms with Crippen LogP contribution in [0.15, 0.2) is 0 Å². The van der Waals surface area contributed by atoms with Crippen molar-refractivity contribution in [2.45, 2.75) is 316 Å². The Kier molecular flexibility index (Phi) is 61.0. The summed E-state index contributed by atoms with van der Waals surface area (Å²) in [6.07, 6.45) is 43.6. The molecule has 1 atom stereocenters. The topological polar surface area (TPSA) is 340 Å². The van der Waals surface area contributed by atoms with Crippen LogP contribution in [0.2, 0.25) is 0 Å². The van der Waals surface area contributed by atoms with Gasteiger partial charge in [0.2, 0.25) is 0 Å². The van der Waals surface area contributed by atoms with Crippen molar-refractivity contribution >= 4 is 59.8 Å². The van der Waals surface area contributed by atoms with Gasteiger partial charge in [0.1, 0.15) is 39.1 Å². The number of nitrogens with zero attached hydrogens (tertiary/aromatic N) is 3. The van der Waals surface area contributed by atoms with E-state index in [9.17, 15) is 73.5 Å². The van der Waals surface area contributed by atoms with Crippen molar-refractivity contribution in [2.75, 3.05) is 91.9 Å². The number of unbranched alkanes of at least 4 members (excludes halogenated alkanes) is 37. The molecular formula is C74H134N4O20. The maximum Gasteiger partial charge on any atom is 0.407 e. The van der Waals surface area contributed by atoms with Gasteiger partial charge in [0.25, 0.3) is 0 Å². The molecular weight excluding hydrogens is 1260 g/mol. The van der Waals surface area contributed by atoms with Crippen LogP contribution in [0.4, 0.5) is 4.79 Å². The van der Waals surface area contributed by atoms with Gasteiger partial charge in [-0.1, -0.05) is 252 Å². The molecule has 0 aromatic heterocycles. The summed E-state index contributed by atoms with van der Waals surface area (Å²) in [5.41, 5.74) is -1.97.